The molecular formula is C23H19ClFN3O2S. The van der Waals surface area contributed by atoms with E-state index >= 15 is 0 Å². The van der Waals surface area contributed by atoms with Gasteiger partial charge in [-0.2, -0.15) is 5.10 Å². The van der Waals surface area contributed by atoms with E-state index in [1.165, 1.54) is 22.0 Å². The number of rotatable bonds is 5. The Balaban J connectivity index is 1.57. The zero-order chi connectivity index (χ0) is 22.0. The second-order valence-electron chi connectivity index (χ2n) is 7.17. The Morgan fingerprint density at radius 1 is 1.16 bits per heavy atom. The molecule has 0 aliphatic carbocycles. The summed E-state index contributed by atoms with van der Waals surface area (Å²) in [5, 5.41) is 8.25. The number of carbonyl (C=O) groups is 2. The van der Waals surface area contributed by atoms with Crippen LogP contribution in [0.5, 0.6) is 0 Å². The summed E-state index contributed by atoms with van der Waals surface area (Å²) in [5.74, 6) is -1.02. The maximum Gasteiger partial charge on any atom is 0.262 e. The van der Waals surface area contributed by atoms with Crippen LogP contribution in [0.25, 0.3) is 0 Å². The van der Waals surface area contributed by atoms with Gasteiger partial charge < -0.3 is 4.90 Å². The van der Waals surface area contributed by atoms with Gasteiger partial charge in [0.05, 0.1) is 27.2 Å². The average molecular weight is 456 g/mol. The Morgan fingerprint density at radius 3 is 2.58 bits per heavy atom. The monoisotopic (exact) mass is 455 g/mol. The van der Waals surface area contributed by atoms with Crippen LogP contribution in [0.4, 0.5) is 4.39 Å². The number of benzene rings is 2. The maximum absolute atomic E-state index is 13.4. The summed E-state index contributed by atoms with van der Waals surface area (Å²) in [6, 6.07) is 16.3. The number of hydrogen-bond donors (Lipinski definition) is 0. The second-order valence-corrected chi connectivity index (χ2v) is 8.53. The minimum atomic E-state index is -0.367. The highest BCUT2D eigenvalue weighted by Gasteiger charge is 2.34. The lowest BCUT2D eigenvalue weighted by molar-refractivity contribution is -0.133. The molecule has 2 heterocycles. The Hall–Kier alpha value is -3.03. The van der Waals surface area contributed by atoms with Gasteiger partial charge in [0.1, 0.15) is 12.4 Å². The lowest BCUT2D eigenvalue weighted by Gasteiger charge is -2.25. The molecule has 0 saturated carbocycles. The molecule has 0 spiro atoms. The van der Waals surface area contributed by atoms with Crippen LogP contribution in [0.2, 0.25) is 5.02 Å². The molecule has 0 N–H and O–H groups in total. The normalized spacial score (nSPS) is 15.6. The highest BCUT2D eigenvalue weighted by atomic mass is 35.5. The van der Waals surface area contributed by atoms with Crippen molar-refractivity contribution in [1.29, 1.82) is 0 Å². The predicted molar refractivity (Wildman–Crippen MR) is 120 cm³/mol. The zero-order valence-corrected chi connectivity index (χ0v) is 18.2. The lowest BCUT2D eigenvalue weighted by Crippen LogP contribution is -2.39. The maximum atomic E-state index is 13.4. The number of halogens is 2. The molecule has 1 aliphatic rings. The Kier molecular flexibility index (Phi) is 6.15. The first-order valence-corrected chi connectivity index (χ1v) is 10.9. The number of thiophene rings is 1. The van der Waals surface area contributed by atoms with E-state index in [1.807, 2.05) is 17.5 Å². The van der Waals surface area contributed by atoms with Crippen molar-refractivity contribution < 1.29 is 14.0 Å². The van der Waals surface area contributed by atoms with E-state index in [2.05, 4.69) is 5.10 Å². The first-order valence-electron chi connectivity index (χ1n) is 9.63. The van der Waals surface area contributed by atoms with Gasteiger partial charge >= 0.3 is 0 Å². The fraction of sp³-hybridized carbons (Fsp3) is 0.174. The fourth-order valence-electron chi connectivity index (χ4n) is 3.46. The third-order valence-corrected chi connectivity index (χ3v) is 6.30. The summed E-state index contributed by atoms with van der Waals surface area (Å²) in [5.41, 5.74) is 1.90. The SMILES string of the molecule is CN(CC(=O)N1N=C(c2cccs2)C[C@@H]1c1ccc(F)cc1)C(=O)c1ccccc1Cl. The molecule has 1 atom stereocenters. The van der Waals surface area contributed by atoms with Crippen molar-refractivity contribution in [1.82, 2.24) is 9.91 Å². The minimum absolute atomic E-state index is 0.164. The van der Waals surface area contributed by atoms with Crippen molar-refractivity contribution in [2.24, 2.45) is 5.10 Å². The van der Waals surface area contributed by atoms with Gasteiger partial charge in [0.25, 0.3) is 11.8 Å². The number of likely N-dealkylation sites (N-methyl/N-ethyl adjacent to an activating group) is 1. The third kappa shape index (κ3) is 4.52. The van der Waals surface area contributed by atoms with Gasteiger partial charge in [0.2, 0.25) is 0 Å². The van der Waals surface area contributed by atoms with Crippen LogP contribution < -0.4 is 0 Å². The van der Waals surface area contributed by atoms with Crippen LogP contribution in [0, 0.1) is 5.82 Å². The molecule has 0 saturated heterocycles. The average Bonchev–Trinajstić information content (AvgIpc) is 3.44. The molecular weight excluding hydrogens is 437 g/mol. The quantitative estimate of drug-likeness (QED) is 0.544. The van der Waals surface area contributed by atoms with E-state index in [4.69, 9.17) is 11.6 Å². The van der Waals surface area contributed by atoms with Crippen LogP contribution in [-0.2, 0) is 4.79 Å². The van der Waals surface area contributed by atoms with Gasteiger partial charge in [-0.15, -0.1) is 11.3 Å². The van der Waals surface area contributed by atoms with Crippen molar-refractivity contribution in [2.45, 2.75) is 12.5 Å². The fourth-order valence-corrected chi connectivity index (χ4v) is 4.40. The van der Waals surface area contributed by atoms with Crippen LogP contribution in [-0.4, -0.2) is 41.0 Å². The summed E-state index contributed by atoms with van der Waals surface area (Å²) in [7, 11) is 1.55. The Morgan fingerprint density at radius 2 is 1.90 bits per heavy atom. The predicted octanol–water partition coefficient (Wildman–Crippen LogP) is 4.99. The summed E-state index contributed by atoms with van der Waals surface area (Å²) in [6.07, 6.45) is 0.514. The molecule has 0 fully saturated rings. The smallest absolute Gasteiger partial charge is 0.262 e. The molecule has 2 amide bonds. The zero-order valence-electron chi connectivity index (χ0n) is 16.7. The molecule has 8 heteroatoms. The molecule has 0 unspecified atom stereocenters. The highest BCUT2D eigenvalue weighted by Crippen LogP contribution is 2.34. The molecule has 1 aliphatic heterocycles. The molecule has 4 rings (SSSR count). The van der Waals surface area contributed by atoms with Crippen molar-refractivity contribution >= 4 is 40.5 Å². The molecule has 2 aromatic carbocycles. The number of nitrogens with zero attached hydrogens (tertiary/aromatic N) is 3. The van der Waals surface area contributed by atoms with Crippen LogP contribution in [0.15, 0.2) is 71.1 Å². The molecule has 0 bridgehead atoms. The molecule has 1 aromatic heterocycles. The lowest BCUT2D eigenvalue weighted by atomic mass is 10.0. The standard InChI is InChI=1S/C23H19ClFN3O2S/c1-27(23(30)17-5-2-3-6-18(17)24)14-22(29)28-20(15-8-10-16(25)11-9-15)13-19(26-28)21-7-4-12-31-21/h2-12,20H,13-14H2,1H3/t20-/m1/s1. The number of hydrogen-bond acceptors (Lipinski definition) is 4. The number of carbonyl (C=O) groups excluding carboxylic acids is 2. The van der Waals surface area contributed by atoms with E-state index in [0.717, 1.165) is 16.2 Å². The van der Waals surface area contributed by atoms with Gasteiger partial charge in [-0.05, 0) is 41.3 Å². The molecule has 158 valence electrons. The van der Waals surface area contributed by atoms with Crippen molar-refractivity contribution in [2.75, 3.05) is 13.6 Å². The summed E-state index contributed by atoms with van der Waals surface area (Å²) in [6.45, 7) is -0.164. The molecule has 31 heavy (non-hydrogen) atoms. The van der Waals surface area contributed by atoms with Gasteiger partial charge in [-0.3, -0.25) is 9.59 Å². The minimum Gasteiger partial charge on any atom is -0.332 e. The third-order valence-electron chi connectivity index (χ3n) is 5.05. The van der Waals surface area contributed by atoms with Crippen LogP contribution in [0.3, 0.4) is 0 Å². The van der Waals surface area contributed by atoms with Crippen molar-refractivity contribution in [3.8, 4) is 0 Å². The van der Waals surface area contributed by atoms with Crippen molar-refractivity contribution in [3.63, 3.8) is 0 Å². The highest BCUT2D eigenvalue weighted by molar-refractivity contribution is 7.12. The van der Waals surface area contributed by atoms with E-state index in [1.54, 1.807) is 54.8 Å². The Bertz CT molecular complexity index is 1130. The first kappa shape index (κ1) is 21.2. The van der Waals surface area contributed by atoms with Crippen LogP contribution >= 0.6 is 22.9 Å². The molecule has 0 radical (unpaired) electrons. The summed E-state index contributed by atoms with van der Waals surface area (Å²) in [4.78, 5) is 28.2. The van der Waals surface area contributed by atoms with Gasteiger partial charge in [-0.1, -0.05) is 41.9 Å². The largest absolute Gasteiger partial charge is 0.332 e. The van der Waals surface area contributed by atoms with E-state index in [9.17, 15) is 14.0 Å². The number of amides is 2. The van der Waals surface area contributed by atoms with E-state index in [-0.39, 0.29) is 30.2 Å². The van der Waals surface area contributed by atoms with Gasteiger partial charge in [0.15, 0.2) is 0 Å². The molecule has 5 nitrogen and oxygen atoms in total. The topological polar surface area (TPSA) is 53.0 Å². The second kappa shape index (κ2) is 8.99. The molecule has 3 aromatic rings. The van der Waals surface area contributed by atoms with Gasteiger partial charge in [0, 0.05) is 13.5 Å². The summed E-state index contributed by atoms with van der Waals surface area (Å²) < 4.78 is 13.4. The van der Waals surface area contributed by atoms with Crippen LogP contribution in [0.1, 0.15) is 33.3 Å². The van der Waals surface area contributed by atoms with E-state index < -0.39 is 0 Å². The van der Waals surface area contributed by atoms with Crippen molar-refractivity contribution in [3.05, 3.63) is 92.9 Å². The summed E-state index contributed by atoms with van der Waals surface area (Å²) >= 11 is 7.67. The number of hydrazone groups is 1. The first-order chi connectivity index (χ1) is 14.9. The van der Waals surface area contributed by atoms with E-state index in [0.29, 0.717) is 17.0 Å². The Labute approximate surface area is 188 Å². The van der Waals surface area contributed by atoms with Gasteiger partial charge in [-0.25, -0.2) is 9.40 Å².